The molecule has 2 heterocycles. The quantitative estimate of drug-likeness (QED) is 0.886. The molecule has 1 aromatic carbocycles. The minimum absolute atomic E-state index is 0.0223. The highest BCUT2D eigenvalue weighted by Crippen LogP contribution is 2.21. The first-order valence-electron chi connectivity index (χ1n) is 8.62. The first kappa shape index (κ1) is 16.9. The third-order valence-electron chi connectivity index (χ3n) is 4.56. The van der Waals surface area contributed by atoms with Gasteiger partial charge < -0.3 is 9.72 Å². The smallest absolute Gasteiger partial charge is 0.255 e. The Morgan fingerprint density at radius 2 is 2.12 bits per heavy atom. The summed E-state index contributed by atoms with van der Waals surface area (Å²) in [5.74, 6) is 0.666. The zero-order chi connectivity index (χ0) is 16.9. The third kappa shape index (κ3) is 3.74. The Hall–Kier alpha value is -1.98. The molecule has 24 heavy (non-hydrogen) atoms. The number of benzene rings is 1. The van der Waals surface area contributed by atoms with Crippen LogP contribution in [-0.2, 0) is 24.2 Å². The highest BCUT2D eigenvalue weighted by atomic mass is 16.5. The maximum atomic E-state index is 12.5. The van der Waals surface area contributed by atoms with Crippen molar-refractivity contribution in [2.45, 2.75) is 45.4 Å². The molecule has 1 unspecified atom stereocenters. The molecular weight excluding hydrogens is 302 g/mol. The lowest BCUT2D eigenvalue weighted by Crippen LogP contribution is -2.36. The van der Waals surface area contributed by atoms with Gasteiger partial charge in [-0.15, -0.1) is 0 Å². The van der Waals surface area contributed by atoms with Crippen LogP contribution in [0.15, 0.2) is 35.1 Å². The number of hydrogen-bond donors (Lipinski definition) is 1. The zero-order valence-electron chi connectivity index (χ0n) is 14.4. The van der Waals surface area contributed by atoms with Gasteiger partial charge in [0.1, 0.15) is 11.9 Å². The Morgan fingerprint density at radius 3 is 2.83 bits per heavy atom. The molecule has 0 bridgehead atoms. The fourth-order valence-electron chi connectivity index (χ4n) is 3.26. The van der Waals surface area contributed by atoms with Crippen LogP contribution in [0.3, 0.4) is 0 Å². The van der Waals surface area contributed by atoms with Crippen molar-refractivity contribution >= 4 is 0 Å². The predicted molar refractivity (Wildman–Crippen MR) is 93.8 cm³/mol. The van der Waals surface area contributed by atoms with Crippen molar-refractivity contribution in [3.63, 3.8) is 0 Å². The SMILES string of the molecule is CCCC(OC)c1nc2c(c(=O)[nH]1)CN(Cc1ccccc1)CC2. The highest BCUT2D eigenvalue weighted by Gasteiger charge is 2.23. The minimum Gasteiger partial charge on any atom is -0.374 e. The van der Waals surface area contributed by atoms with E-state index < -0.39 is 0 Å². The summed E-state index contributed by atoms with van der Waals surface area (Å²) in [4.78, 5) is 22.5. The van der Waals surface area contributed by atoms with E-state index in [2.05, 4.69) is 28.9 Å². The molecule has 0 aliphatic carbocycles. The monoisotopic (exact) mass is 327 g/mol. The summed E-state index contributed by atoms with van der Waals surface area (Å²) in [6, 6.07) is 10.4. The van der Waals surface area contributed by atoms with Gasteiger partial charge >= 0.3 is 0 Å². The van der Waals surface area contributed by atoms with Crippen LogP contribution in [0.5, 0.6) is 0 Å². The van der Waals surface area contributed by atoms with Crippen molar-refractivity contribution in [2.75, 3.05) is 13.7 Å². The number of hydrogen-bond acceptors (Lipinski definition) is 4. The maximum Gasteiger partial charge on any atom is 0.255 e. The van der Waals surface area contributed by atoms with Crippen LogP contribution in [-0.4, -0.2) is 28.5 Å². The molecule has 1 aliphatic rings. The molecule has 2 aromatic rings. The van der Waals surface area contributed by atoms with Gasteiger partial charge in [-0.3, -0.25) is 9.69 Å². The summed E-state index contributed by atoms with van der Waals surface area (Å²) in [7, 11) is 1.67. The lowest BCUT2D eigenvalue weighted by Gasteiger charge is -2.28. The summed E-state index contributed by atoms with van der Waals surface area (Å²) in [6.07, 6.45) is 2.53. The van der Waals surface area contributed by atoms with E-state index in [1.165, 1.54) is 5.56 Å². The van der Waals surface area contributed by atoms with Gasteiger partial charge in [0, 0.05) is 33.2 Å². The average molecular weight is 327 g/mol. The number of H-pyrrole nitrogens is 1. The first-order chi connectivity index (χ1) is 11.7. The molecule has 5 heteroatoms. The van der Waals surface area contributed by atoms with Gasteiger partial charge in [0.05, 0.1) is 11.3 Å². The second-order valence-electron chi connectivity index (χ2n) is 6.34. The Bertz CT molecular complexity index is 727. The van der Waals surface area contributed by atoms with Crippen molar-refractivity contribution in [1.82, 2.24) is 14.9 Å². The standard InChI is InChI=1S/C19H25N3O2/c1-3-7-17(24-2)18-20-16-10-11-22(13-15(16)19(23)21-18)12-14-8-5-4-6-9-14/h4-6,8-9,17H,3,7,10-13H2,1-2H3,(H,20,21,23). The molecule has 1 aliphatic heterocycles. The molecule has 0 radical (unpaired) electrons. The number of nitrogens with zero attached hydrogens (tertiary/aromatic N) is 2. The van der Waals surface area contributed by atoms with Crippen LogP contribution in [0.2, 0.25) is 0 Å². The summed E-state index contributed by atoms with van der Waals surface area (Å²) in [5, 5.41) is 0. The fourth-order valence-corrected chi connectivity index (χ4v) is 3.26. The Labute approximate surface area is 142 Å². The van der Waals surface area contributed by atoms with Gasteiger partial charge in [-0.1, -0.05) is 43.7 Å². The second-order valence-corrected chi connectivity index (χ2v) is 6.34. The molecule has 1 aromatic heterocycles. The van der Waals surface area contributed by atoms with Crippen LogP contribution in [0, 0.1) is 0 Å². The fraction of sp³-hybridized carbons (Fsp3) is 0.474. The van der Waals surface area contributed by atoms with Gasteiger partial charge in [0.2, 0.25) is 0 Å². The number of aromatic amines is 1. The van der Waals surface area contributed by atoms with Crippen molar-refractivity contribution in [1.29, 1.82) is 0 Å². The Balaban J connectivity index is 1.79. The lowest BCUT2D eigenvalue weighted by molar-refractivity contribution is 0.0868. The van der Waals surface area contributed by atoms with Crippen molar-refractivity contribution in [2.24, 2.45) is 0 Å². The van der Waals surface area contributed by atoms with E-state index in [4.69, 9.17) is 9.72 Å². The van der Waals surface area contributed by atoms with Gasteiger partial charge in [0.25, 0.3) is 5.56 Å². The van der Waals surface area contributed by atoms with E-state index in [1.54, 1.807) is 7.11 Å². The molecule has 3 rings (SSSR count). The van der Waals surface area contributed by atoms with Crippen LogP contribution in [0.1, 0.15) is 48.5 Å². The van der Waals surface area contributed by atoms with E-state index in [1.807, 2.05) is 18.2 Å². The summed E-state index contributed by atoms with van der Waals surface area (Å²) < 4.78 is 5.48. The first-order valence-corrected chi connectivity index (χ1v) is 8.62. The van der Waals surface area contributed by atoms with Gasteiger partial charge in [-0.05, 0) is 12.0 Å². The van der Waals surface area contributed by atoms with E-state index >= 15 is 0 Å². The predicted octanol–water partition coefficient (Wildman–Crippen LogP) is 2.82. The Kier molecular flexibility index (Phi) is 5.43. The number of fused-ring (bicyclic) bond motifs is 1. The van der Waals surface area contributed by atoms with Crippen molar-refractivity contribution < 1.29 is 4.74 Å². The molecule has 1 atom stereocenters. The van der Waals surface area contributed by atoms with Crippen LogP contribution < -0.4 is 5.56 Å². The minimum atomic E-state index is -0.129. The third-order valence-corrected chi connectivity index (χ3v) is 4.56. The topological polar surface area (TPSA) is 58.2 Å². The van der Waals surface area contributed by atoms with E-state index in [9.17, 15) is 4.79 Å². The zero-order valence-corrected chi connectivity index (χ0v) is 14.4. The van der Waals surface area contributed by atoms with Crippen LogP contribution in [0.25, 0.3) is 0 Å². The van der Waals surface area contributed by atoms with Crippen molar-refractivity contribution in [3.05, 3.63) is 63.3 Å². The molecule has 0 amide bonds. The number of nitrogens with one attached hydrogen (secondary N) is 1. The molecule has 0 spiro atoms. The summed E-state index contributed by atoms with van der Waals surface area (Å²) in [5.41, 5.74) is 2.97. The molecule has 0 saturated carbocycles. The van der Waals surface area contributed by atoms with Crippen molar-refractivity contribution in [3.8, 4) is 0 Å². The summed E-state index contributed by atoms with van der Waals surface area (Å²) in [6.45, 7) is 4.53. The van der Waals surface area contributed by atoms with E-state index in [-0.39, 0.29) is 11.7 Å². The van der Waals surface area contributed by atoms with Crippen LogP contribution in [0.4, 0.5) is 0 Å². The average Bonchev–Trinajstić information content (AvgIpc) is 2.61. The summed E-state index contributed by atoms with van der Waals surface area (Å²) >= 11 is 0. The van der Waals surface area contributed by atoms with Gasteiger partial charge in [-0.25, -0.2) is 4.98 Å². The number of aromatic nitrogens is 2. The molecule has 5 nitrogen and oxygen atoms in total. The molecule has 128 valence electrons. The molecule has 0 fully saturated rings. The molecule has 0 saturated heterocycles. The molecule has 1 N–H and O–H groups in total. The number of ether oxygens (including phenoxy) is 1. The second kappa shape index (κ2) is 7.73. The Morgan fingerprint density at radius 1 is 1.33 bits per heavy atom. The molecular formula is C19H25N3O2. The van der Waals surface area contributed by atoms with Gasteiger partial charge in [-0.2, -0.15) is 0 Å². The highest BCUT2D eigenvalue weighted by molar-refractivity contribution is 5.22. The maximum absolute atomic E-state index is 12.5. The van der Waals surface area contributed by atoms with E-state index in [0.717, 1.165) is 43.6 Å². The van der Waals surface area contributed by atoms with Gasteiger partial charge in [0.15, 0.2) is 0 Å². The van der Waals surface area contributed by atoms with E-state index in [0.29, 0.717) is 12.4 Å². The number of methoxy groups -OCH3 is 1. The largest absolute Gasteiger partial charge is 0.374 e. The number of rotatable bonds is 6. The normalized spacial score (nSPS) is 15.9. The van der Waals surface area contributed by atoms with Crippen LogP contribution >= 0.6 is 0 Å². The lowest BCUT2D eigenvalue weighted by atomic mass is 10.1.